The number of hydrogen-bond donors (Lipinski definition) is 0. The Morgan fingerprint density at radius 2 is 1.46 bits per heavy atom. The predicted octanol–water partition coefficient (Wildman–Crippen LogP) is 8.01. The number of ether oxygens (including phenoxy) is 2. The highest BCUT2D eigenvalue weighted by molar-refractivity contribution is 7.95. The lowest BCUT2D eigenvalue weighted by atomic mass is 10.1. The Morgan fingerprint density at radius 3 is 1.98 bits per heavy atom. The van der Waals surface area contributed by atoms with E-state index in [0.717, 1.165) is 54.9 Å². The van der Waals surface area contributed by atoms with Crippen molar-refractivity contribution in [2.24, 2.45) is 0 Å². The van der Waals surface area contributed by atoms with Gasteiger partial charge in [0.15, 0.2) is 11.5 Å². The van der Waals surface area contributed by atoms with Crippen molar-refractivity contribution >= 4 is 24.5 Å². The second kappa shape index (κ2) is 21.1. The minimum absolute atomic E-state index is 0.769. The molecule has 0 amide bonds. The van der Waals surface area contributed by atoms with Gasteiger partial charge in [0.2, 0.25) is 0 Å². The quantitative estimate of drug-likeness (QED) is 0.188. The van der Waals surface area contributed by atoms with Gasteiger partial charge in [0.05, 0.1) is 26.3 Å². The molecule has 0 atom stereocenters. The maximum atomic E-state index is 8.00. The van der Waals surface area contributed by atoms with E-state index in [1.165, 1.54) is 28.9 Å². The molecule has 1 saturated heterocycles. The van der Waals surface area contributed by atoms with Gasteiger partial charge in [0.25, 0.3) is 0 Å². The van der Waals surface area contributed by atoms with Crippen molar-refractivity contribution in [2.45, 2.75) is 39.1 Å². The maximum Gasteiger partial charge on any atom is 0.161 e. The molecule has 1 fully saturated rings. The van der Waals surface area contributed by atoms with Crippen LogP contribution in [0.2, 0.25) is 0 Å². The molecule has 1 aliphatic rings. The summed E-state index contributed by atoms with van der Waals surface area (Å²) < 4.78 is 16.6. The lowest BCUT2D eigenvalue weighted by Gasteiger charge is -2.36. The Morgan fingerprint density at radius 1 is 0.854 bits per heavy atom. The number of allylic oxidation sites excluding steroid dienone is 3. The third-order valence-electron chi connectivity index (χ3n) is 6.01. The first kappa shape index (κ1) is 35.3. The van der Waals surface area contributed by atoms with Crippen LogP contribution in [0.1, 0.15) is 31.9 Å². The third-order valence-corrected chi connectivity index (χ3v) is 6.75. The van der Waals surface area contributed by atoms with Gasteiger partial charge in [-0.25, -0.2) is 0 Å². The van der Waals surface area contributed by atoms with Gasteiger partial charge in [0.1, 0.15) is 12.5 Å². The van der Waals surface area contributed by atoms with Gasteiger partial charge < -0.3 is 23.4 Å². The molecule has 0 unspecified atom stereocenters. The summed E-state index contributed by atoms with van der Waals surface area (Å²) >= 11 is 1.39. The molecule has 4 rings (SSSR count). The largest absolute Gasteiger partial charge is 0.493 e. The Labute approximate surface area is 251 Å². The lowest BCUT2D eigenvalue weighted by Crippen LogP contribution is -2.45. The lowest BCUT2D eigenvalue weighted by molar-refractivity contribution is -0.0980. The fourth-order valence-corrected chi connectivity index (χ4v) is 4.49. The number of carbonyl (C=O) groups excluding carboxylic acids is 1. The SMILES string of the molecule is C=C/C=C\C.C=O.CC.COc1ccc(CN2CCN(c3ccc(OSc4ccc(C)cc4)cc3)CC2)cc1OC. The highest BCUT2D eigenvalue weighted by Crippen LogP contribution is 2.29. The maximum absolute atomic E-state index is 8.00. The number of anilines is 1. The third kappa shape index (κ3) is 12.6. The van der Waals surface area contributed by atoms with Gasteiger partial charge in [-0.2, -0.15) is 0 Å². The molecule has 0 bridgehead atoms. The van der Waals surface area contributed by atoms with Crippen LogP contribution in [0, 0.1) is 6.92 Å². The van der Waals surface area contributed by atoms with Crippen LogP contribution in [-0.4, -0.2) is 52.1 Å². The normalized spacial score (nSPS) is 12.5. The predicted molar refractivity (Wildman–Crippen MR) is 175 cm³/mol. The van der Waals surface area contributed by atoms with Gasteiger partial charge in [-0.3, -0.25) is 4.90 Å². The fraction of sp³-hybridized carbons (Fsp3) is 0.324. The summed E-state index contributed by atoms with van der Waals surface area (Å²) in [5.74, 6) is 2.42. The molecule has 0 spiro atoms. The van der Waals surface area contributed by atoms with Crippen LogP contribution in [0.3, 0.4) is 0 Å². The molecule has 7 heteroatoms. The van der Waals surface area contributed by atoms with Crippen molar-refractivity contribution in [3.05, 3.63) is 103 Å². The van der Waals surface area contributed by atoms with Gasteiger partial charge in [-0.15, -0.1) is 0 Å². The first-order valence-electron chi connectivity index (χ1n) is 13.8. The first-order valence-corrected chi connectivity index (χ1v) is 14.5. The highest BCUT2D eigenvalue weighted by atomic mass is 32.2. The summed E-state index contributed by atoms with van der Waals surface area (Å²) in [6.45, 7) is 18.5. The van der Waals surface area contributed by atoms with Crippen molar-refractivity contribution in [3.8, 4) is 17.2 Å². The number of nitrogens with zero attached hydrogens (tertiary/aromatic N) is 2. The van der Waals surface area contributed by atoms with Crippen LogP contribution in [0.15, 0.2) is 96.4 Å². The van der Waals surface area contributed by atoms with Crippen LogP contribution >= 0.6 is 12.0 Å². The van der Waals surface area contributed by atoms with E-state index in [0.29, 0.717) is 0 Å². The van der Waals surface area contributed by atoms with E-state index in [9.17, 15) is 0 Å². The monoisotopic (exact) mass is 578 g/mol. The number of rotatable bonds is 9. The van der Waals surface area contributed by atoms with Crippen LogP contribution in [0.4, 0.5) is 5.69 Å². The first-order chi connectivity index (χ1) is 20.1. The summed E-state index contributed by atoms with van der Waals surface area (Å²) in [6.07, 6.45) is 5.58. The standard InChI is InChI=1S/C26H30N2O3S.C5H8.C2H6.CH2O/c1-20-4-11-24(12-5-20)32-31-23-9-7-22(8-10-23)28-16-14-27(15-17-28)19-21-6-13-25(29-2)26(18-21)30-3;1-3-5-4-2;2*1-2/h4-13,18H,14-17,19H2,1-3H3;3-5H,1H2,2H3;1-2H3;1H2/b;5-4-;;. The molecule has 222 valence electrons. The van der Waals surface area contributed by atoms with Crippen molar-refractivity contribution < 1.29 is 18.5 Å². The van der Waals surface area contributed by atoms with Crippen LogP contribution < -0.4 is 18.6 Å². The number of carbonyl (C=O) groups is 1. The molecular weight excluding hydrogens is 532 g/mol. The summed E-state index contributed by atoms with van der Waals surface area (Å²) in [7, 11) is 3.34. The molecule has 1 heterocycles. The molecule has 6 nitrogen and oxygen atoms in total. The van der Waals surface area contributed by atoms with E-state index in [1.54, 1.807) is 20.3 Å². The van der Waals surface area contributed by atoms with Gasteiger partial charge in [-0.1, -0.05) is 62.4 Å². The van der Waals surface area contributed by atoms with E-state index in [2.05, 4.69) is 71.8 Å². The molecule has 0 N–H and O–H groups in total. The number of aryl methyl sites for hydroxylation is 1. The number of methoxy groups -OCH3 is 2. The van der Waals surface area contributed by atoms with E-state index < -0.39 is 0 Å². The minimum Gasteiger partial charge on any atom is -0.493 e. The van der Waals surface area contributed by atoms with Crippen molar-refractivity contribution in [2.75, 3.05) is 45.3 Å². The average Bonchev–Trinajstić information content (AvgIpc) is 3.04. The van der Waals surface area contributed by atoms with Crippen LogP contribution in [0.5, 0.6) is 17.2 Å². The van der Waals surface area contributed by atoms with E-state index in [1.807, 2.05) is 57.9 Å². The molecule has 0 aliphatic carbocycles. The molecular formula is C34H46N2O4S. The highest BCUT2D eigenvalue weighted by Gasteiger charge is 2.18. The fourth-order valence-electron chi connectivity index (χ4n) is 3.94. The molecule has 3 aromatic carbocycles. The van der Waals surface area contributed by atoms with Gasteiger partial charge >= 0.3 is 0 Å². The molecule has 41 heavy (non-hydrogen) atoms. The van der Waals surface area contributed by atoms with Crippen molar-refractivity contribution in [1.29, 1.82) is 0 Å². The zero-order chi connectivity index (χ0) is 30.5. The number of piperazine rings is 1. The van der Waals surface area contributed by atoms with Crippen LogP contribution in [-0.2, 0) is 11.3 Å². The Balaban J connectivity index is 0.000000831. The van der Waals surface area contributed by atoms with Crippen molar-refractivity contribution in [3.63, 3.8) is 0 Å². The summed E-state index contributed by atoms with van der Waals surface area (Å²) in [4.78, 5) is 14.0. The number of hydrogen-bond acceptors (Lipinski definition) is 7. The Bertz CT molecular complexity index is 1140. The smallest absolute Gasteiger partial charge is 0.161 e. The zero-order valence-corrected chi connectivity index (χ0v) is 26.3. The van der Waals surface area contributed by atoms with E-state index in [-0.39, 0.29) is 0 Å². The molecule has 3 aromatic rings. The Hall–Kier alpha value is -3.68. The summed E-state index contributed by atoms with van der Waals surface area (Å²) in [5.41, 5.74) is 3.73. The van der Waals surface area contributed by atoms with E-state index >= 15 is 0 Å². The second-order valence-electron chi connectivity index (χ2n) is 8.69. The Kier molecular flexibility index (Phi) is 18.2. The molecule has 0 saturated carbocycles. The summed E-state index contributed by atoms with van der Waals surface area (Å²) in [5, 5.41) is 0. The molecule has 0 radical (unpaired) electrons. The summed E-state index contributed by atoms with van der Waals surface area (Å²) in [6, 6.07) is 22.9. The zero-order valence-electron chi connectivity index (χ0n) is 25.5. The van der Waals surface area contributed by atoms with E-state index in [4.69, 9.17) is 18.5 Å². The number of benzene rings is 3. The second-order valence-corrected chi connectivity index (χ2v) is 9.49. The molecule has 1 aliphatic heterocycles. The van der Waals surface area contributed by atoms with Gasteiger partial charge in [0, 0.05) is 43.3 Å². The van der Waals surface area contributed by atoms with Crippen LogP contribution in [0.25, 0.3) is 0 Å². The van der Waals surface area contributed by atoms with Crippen molar-refractivity contribution in [1.82, 2.24) is 4.90 Å². The topological polar surface area (TPSA) is 51.2 Å². The minimum atomic E-state index is 0.769. The van der Waals surface area contributed by atoms with Gasteiger partial charge in [-0.05, 0) is 67.9 Å². The molecule has 0 aromatic heterocycles. The average molecular weight is 579 g/mol.